The first kappa shape index (κ1) is 16.7. The van der Waals surface area contributed by atoms with Gasteiger partial charge in [0.05, 0.1) is 11.6 Å². The normalized spacial score (nSPS) is 18.5. The average Bonchev–Trinajstić information content (AvgIpc) is 2.38. The molecule has 1 amide bonds. The highest BCUT2D eigenvalue weighted by Crippen LogP contribution is 2.09. The van der Waals surface area contributed by atoms with Crippen molar-refractivity contribution in [1.29, 1.82) is 0 Å². The summed E-state index contributed by atoms with van der Waals surface area (Å²) in [6.07, 6.45) is 2.95. The average molecular weight is 302 g/mol. The van der Waals surface area contributed by atoms with Crippen LogP contribution in [0.5, 0.6) is 0 Å². The molecule has 1 aliphatic rings. The van der Waals surface area contributed by atoms with Gasteiger partial charge in [0.25, 0.3) is 0 Å². The standard InChI is InChI=1S/C13H24ClN5O/c1-10(2)17-13(20)9-18-3-5-19(6-4-18)12(16)7-11(14)8-15/h7-8,10H,3-6,9,15-16H2,1-2H3,(H,17,20)/b11-8+,12-7+. The summed E-state index contributed by atoms with van der Waals surface area (Å²) in [4.78, 5) is 15.8. The van der Waals surface area contributed by atoms with Crippen LogP contribution in [0, 0.1) is 0 Å². The third kappa shape index (κ3) is 5.71. The summed E-state index contributed by atoms with van der Waals surface area (Å²) in [5, 5.41) is 3.31. The van der Waals surface area contributed by atoms with E-state index in [2.05, 4.69) is 10.2 Å². The molecule has 0 aliphatic carbocycles. The van der Waals surface area contributed by atoms with Gasteiger partial charge >= 0.3 is 0 Å². The Hall–Kier alpha value is -1.40. The minimum atomic E-state index is 0.0612. The number of carbonyl (C=O) groups is 1. The number of nitrogens with two attached hydrogens (primary N) is 2. The van der Waals surface area contributed by atoms with Crippen LogP contribution in [0.4, 0.5) is 0 Å². The highest BCUT2D eigenvalue weighted by atomic mass is 35.5. The van der Waals surface area contributed by atoms with E-state index in [4.69, 9.17) is 23.1 Å². The highest BCUT2D eigenvalue weighted by Gasteiger charge is 2.19. The second-order valence-electron chi connectivity index (χ2n) is 5.11. The minimum absolute atomic E-state index is 0.0612. The Morgan fingerprint density at radius 1 is 1.35 bits per heavy atom. The van der Waals surface area contributed by atoms with Gasteiger partial charge in [-0.3, -0.25) is 9.69 Å². The lowest BCUT2D eigenvalue weighted by Crippen LogP contribution is -2.50. The van der Waals surface area contributed by atoms with Crippen molar-refractivity contribution in [1.82, 2.24) is 15.1 Å². The fourth-order valence-corrected chi connectivity index (χ4v) is 2.13. The van der Waals surface area contributed by atoms with Crippen LogP contribution in [0.2, 0.25) is 0 Å². The minimum Gasteiger partial charge on any atom is -0.403 e. The molecule has 6 nitrogen and oxygen atoms in total. The first-order valence-electron chi connectivity index (χ1n) is 6.73. The molecule has 0 aromatic carbocycles. The van der Waals surface area contributed by atoms with E-state index in [1.54, 1.807) is 6.08 Å². The van der Waals surface area contributed by atoms with Crippen molar-refractivity contribution in [2.24, 2.45) is 11.5 Å². The van der Waals surface area contributed by atoms with E-state index in [0.717, 1.165) is 26.2 Å². The topological polar surface area (TPSA) is 87.6 Å². The van der Waals surface area contributed by atoms with E-state index >= 15 is 0 Å². The molecule has 1 heterocycles. The Kier molecular flexibility index (Phi) is 6.67. The molecule has 0 atom stereocenters. The molecule has 1 saturated heterocycles. The van der Waals surface area contributed by atoms with Crippen molar-refractivity contribution < 1.29 is 4.79 Å². The van der Waals surface area contributed by atoms with E-state index in [0.29, 0.717) is 17.4 Å². The molecule has 0 aromatic heterocycles. The Labute approximate surface area is 125 Å². The van der Waals surface area contributed by atoms with Crippen LogP contribution in [-0.2, 0) is 4.79 Å². The third-order valence-corrected chi connectivity index (χ3v) is 3.23. The lowest BCUT2D eigenvalue weighted by molar-refractivity contribution is -0.123. The van der Waals surface area contributed by atoms with Gasteiger partial charge in [0.15, 0.2) is 0 Å². The second kappa shape index (κ2) is 8.01. The van der Waals surface area contributed by atoms with Crippen molar-refractivity contribution >= 4 is 17.5 Å². The largest absolute Gasteiger partial charge is 0.403 e. The molecule has 0 aromatic rings. The Bertz CT molecular complexity index is 386. The van der Waals surface area contributed by atoms with Gasteiger partial charge in [0, 0.05) is 38.4 Å². The van der Waals surface area contributed by atoms with Gasteiger partial charge in [-0.05, 0) is 19.9 Å². The zero-order valence-electron chi connectivity index (χ0n) is 12.1. The van der Waals surface area contributed by atoms with Crippen molar-refractivity contribution in [2.75, 3.05) is 32.7 Å². The van der Waals surface area contributed by atoms with Crippen LogP contribution in [-0.4, -0.2) is 54.5 Å². The number of nitrogens with one attached hydrogen (secondary N) is 1. The molecular formula is C13H24ClN5O. The Morgan fingerprint density at radius 2 is 1.95 bits per heavy atom. The van der Waals surface area contributed by atoms with Crippen molar-refractivity contribution in [3.8, 4) is 0 Å². The summed E-state index contributed by atoms with van der Waals surface area (Å²) < 4.78 is 0. The smallest absolute Gasteiger partial charge is 0.234 e. The number of carbonyl (C=O) groups excluding carboxylic acids is 1. The van der Waals surface area contributed by atoms with Crippen molar-refractivity contribution in [3.63, 3.8) is 0 Å². The molecule has 0 unspecified atom stereocenters. The van der Waals surface area contributed by atoms with Crippen molar-refractivity contribution in [2.45, 2.75) is 19.9 Å². The number of hydrogen-bond donors (Lipinski definition) is 3. The number of nitrogens with zero attached hydrogens (tertiary/aromatic N) is 2. The Morgan fingerprint density at radius 3 is 2.45 bits per heavy atom. The number of amides is 1. The molecule has 1 fully saturated rings. The van der Waals surface area contributed by atoms with Crippen LogP contribution in [0.15, 0.2) is 23.1 Å². The predicted octanol–water partition coefficient (Wildman–Crippen LogP) is -0.0324. The first-order valence-corrected chi connectivity index (χ1v) is 7.11. The number of rotatable bonds is 5. The predicted molar refractivity (Wildman–Crippen MR) is 81.7 cm³/mol. The molecule has 0 radical (unpaired) electrons. The van der Waals surface area contributed by atoms with E-state index in [-0.39, 0.29) is 11.9 Å². The fourth-order valence-electron chi connectivity index (χ4n) is 2.02. The zero-order valence-corrected chi connectivity index (χ0v) is 12.9. The van der Waals surface area contributed by atoms with Gasteiger partial charge in [-0.2, -0.15) is 0 Å². The maximum Gasteiger partial charge on any atom is 0.234 e. The number of allylic oxidation sites excluding steroid dienone is 2. The number of piperazine rings is 1. The van der Waals surface area contributed by atoms with Crippen LogP contribution >= 0.6 is 11.6 Å². The number of hydrogen-bond acceptors (Lipinski definition) is 5. The van der Waals surface area contributed by atoms with Gasteiger partial charge in [-0.15, -0.1) is 0 Å². The fraction of sp³-hybridized carbons (Fsp3) is 0.615. The van der Waals surface area contributed by atoms with Gasteiger partial charge < -0.3 is 21.7 Å². The summed E-state index contributed by atoms with van der Waals surface area (Å²) in [6.45, 7) is 7.47. The van der Waals surface area contributed by atoms with Crippen LogP contribution < -0.4 is 16.8 Å². The lowest BCUT2D eigenvalue weighted by Gasteiger charge is -2.35. The maximum absolute atomic E-state index is 11.7. The van der Waals surface area contributed by atoms with E-state index in [1.165, 1.54) is 6.20 Å². The number of halogens is 1. The molecule has 1 rings (SSSR count). The zero-order chi connectivity index (χ0) is 15.1. The molecule has 20 heavy (non-hydrogen) atoms. The quantitative estimate of drug-likeness (QED) is 0.621. The van der Waals surface area contributed by atoms with Gasteiger partial charge in [0.1, 0.15) is 5.82 Å². The van der Waals surface area contributed by atoms with Gasteiger partial charge in [-0.25, -0.2) is 0 Å². The molecule has 0 saturated carbocycles. The van der Waals surface area contributed by atoms with Crippen LogP contribution in [0.1, 0.15) is 13.8 Å². The molecular weight excluding hydrogens is 278 g/mol. The molecule has 114 valence electrons. The van der Waals surface area contributed by atoms with E-state index in [9.17, 15) is 4.79 Å². The molecule has 0 spiro atoms. The summed E-state index contributed by atoms with van der Waals surface area (Å²) >= 11 is 5.81. The second-order valence-corrected chi connectivity index (χ2v) is 5.54. The molecule has 0 bridgehead atoms. The molecule has 1 aliphatic heterocycles. The maximum atomic E-state index is 11.7. The van der Waals surface area contributed by atoms with E-state index < -0.39 is 0 Å². The van der Waals surface area contributed by atoms with Crippen LogP contribution in [0.25, 0.3) is 0 Å². The summed E-state index contributed by atoms with van der Waals surface area (Å²) in [7, 11) is 0. The summed E-state index contributed by atoms with van der Waals surface area (Å²) in [6, 6.07) is 0.174. The molecule has 7 heteroatoms. The summed E-state index contributed by atoms with van der Waals surface area (Å²) in [5.41, 5.74) is 11.2. The molecule has 5 N–H and O–H groups in total. The van der Waals surface area contributed by atoms with E-state index in [1.807, 2.05) is 18.7 Å². The monoisotopic (exact) mass is 301 g/mol. The summed E-state index contributed by atoms with van der Waals surface area (Å²) in [5.74, 6) is 0.661. The van der Waals surface area contributed by atoms with Gasteiger partial charge in [0.2, 0.25) is 5.91 Å². The van der Waals surface area contributed by atoms with Crippen LogP contribution in [0.3, 0.4) is 0 Å². The van der Waals surface area contributed by atoms with Crippen molar-refractivity contribution in [3.05, 3.63) is 23.1 Å². The van der Waals surface area contributed by atoms with Gasteiger partial charge in [-0.1, -0.05) is 11.6 Å². The highest BCUT2D eigenvalue weighted by molar-refractivity contribution is 6.31. The third-order valence-electron chi connectivity index (χ3n) is 3.00. The first-order chi connectivity index (χ1) is 9.42. The Balaban J connectivity index is 2.40. The SMILES string of the molecule is CC(C)NC(=O)CN1CCN(/C(N)=C/C(Cl)=C\N)CC1. The lowest BCUT2D eigenvalue weighted by atomic mass is 10.3.